The van der Waals surface area contributed by atoms with Crippen molar-refractivity contribution in [1.82, 2.24) is 0 Å². The van der Waals surface area contributed by atoms with Gasteiger partial charge in [-0.1, -0.05) is 48.9 Å². The molecule has 2 heteroatoms. The Balaban J connectivity index is 1.93. The number of hydrogen-bond acceptors (Lipinski definition) is 1. The lowest BCUT2D eigenvalue weighted by molar-refractivity contribution is 0.306. The summed E-state index contributed by atoms with van der Waals surface area (Å²) in [5, 5.41) is 0. The van der Waals surface area contributed by atoms with Gasteiger partial charge in [0.05, 0.1) is 0 Å². The van der Waals surface area contributed by atoms with Gasteiger partial charge in [-0.2, -0.15) is 0 Å². The van der Waals surface area contributed by atoms with Crippen LogP contribution >= 0.6 is 0 Å². The predicted octanol–water partition coefficient (Wildman–Crippen LogP) is 5.68. The van der Waals surface area contributed by atoms with Gasteiger partial charge in [0.25, 0.3) is 0 Å². The van der Waals surface area contributed by atoms with Gasteiger partial charge in [0.1, 0.15) is 18.2 Å². The molecule has 0 heterocycles. The molecule has 0 fully saturated rings. The van der Waals surface area contributed by atoms with Crippen LogP contribution in [0.1, 0.15) is 36.5 Å². The maximum atomic E-state index is 13.4. The van der Waals surface area contributed by atoms with Crippen molar-refractivity contribution in [2.75, 3.05) is 0 Å². The molecule has 110 valence electrons. The van der Waals surface area contributed by atoms with E-state index >= 15 is 0 Å². The van der Waals surface area contributed by atoms with E-state index in [-0.39, 0.29) is 5.83 Å². The van der Waals surface area contributed by atoms with Gasteiger partial charge in [-0.15, -0.1) is 0 Å². The summed E-state index contributed by atoms with van der Waals surface area (Å²) >= 11 is 0. The van der Waals surface area contributed by atoms with E-state index in [1.54, 1.807) is 6.08 Å². The van der Waals surface area contributed by atoms with Gasteiger partial charge < -0.3 is 4.74 Å². The van der Waals surface area contributed by atoms with E-state index in [0.717, 1.165) is 23.3 Å². The molecule has 0 saturated carbocycles. The number of hydrogen-bond donors (Lipinski definition) is 0. The fourth-order valence-corrected chi connectivity index (χ4v) is 2.00. The Morgan fingerprint density at radius 1 is 1.05 bits per heavy atom. The van der Waals surface area contributed by atoms with Crippen LogP contribution in [0, 0.1) is 6.92 Å². The van der Waals surface area contributed by atoms with Gasteiger partial charge in [-0.25, -0.2) is 4.39 Å². The lowest BCUT2D eigenvalue weighted by Crippen LogP contribution is -1.95. The summed E-state index contributed by atoms with van der Waals surface area (Å²) in [6, 6.07) is 15.8. The fraction of sp³-hybridized carbons (Fsp3) is 0.263. The van der Waals surface area contributed by atoms with Crippen molar-refractivity contribution in [2.24, 2.45) is 0 Å². The lowest BCUT2D eigenvalue weighted by atomic mass is 10.1. The van der Waals surface area contributed by atoms with Gasteiger partial charge in [-0.05, 0) is 49.1 Å². The molecule has 0 aliphatic heterocycles. The van der Waals surface area contributed by atoms with Crippen molar-refractivity contribution < 1.29 is 9.13 Å². The quantitative estimate of drug-likeness (QED) is 0.662. The lowest BCUT2D eigenvalue weighted by Gasteiger charge is -2.07. The summed E-state index contributed by atoms with van der Waals surface area (Å²) in [6.07, 6.45) is 2.89. The highest BCUT2D eigenvalue weighted by molar-refractivity contribution is 5.52. The summed E-state index contributed by atoms with van der Waals surface area (Å²) in [7, 11) is 0. The maximum Gasteiger partial charge on any atom is 0.119 e. The molecule has 0 aromatic heterocycles. The average molecular weight is 284 g/mol. The van der Waals surface area contributed by atoms with E-state index in [9.17, 15) is 4.39 Å². The molecule has 0 unspecified atom stereocenters. The van der Waals surface area contributed by atoms with E-state index in [2.05, 4.69) is 31.2 Å². The number of aryl methyl sites for hydroxylation is 1. The van der Waals surface area contributed by atoms with Crippen molar-refractivity contribution >= 4 is 6.08 Å². The summed E-state index contributed by atoms with van der Waals surface area (Å²) in [6.45, 7) is 4.57. The molecule has 0 saturated heterocycles. The Bertz CT molecular complexity index is 582. The van der Waals surface area contributed by atoms with Gasteiger partial charge in [0.2, 0.25) is 0 Å². The van der Waals surface area contributed by atoms with Crippen molar-refractivity contribution in [1.29, 1.82) is 0 Å². The first-order valence-electron chi connectivity index (χ1n) is 7.32. The minimum absolute atomic E-state index is 0.0779. The molecule has 0 atom stereocenters. The van der Waals surface area contributed by atoms with E-state index in [4.69, 9.17) is 4.74 Å². The predicted molar refractivity (Wildman–Crippen MR) is 85.9 cm³/mol. The Hall–Kier alpha value is -2.09. The van der Waals surface area contributed by atoms with Gasteiger partial charge >= 0.3 is 0 Å². The molecule has 2 aromatic rings. The first kappa shape index (κ1) is 15.3. The summed E-state index contributed by atoms with van der Waals surface area (Å²) in [5.74, 6) is 0.717. The molecule has 0 N–H and O–H groups in total. The highest BCUT2D eigenvalue weighted by Gasteiger charge is 1.98. The van der Waals surface area contributed by atoms with Crippen LogP contribution < -0.4 is 4.74 Å². The van der Waals surface area contributed by atoms with E-state index in [1.807, 2.05) is 31.2 Å². The van der Waals surface area contributed by atoms with E-state index in [0.29, 0.717) is 13.0 Å². The number of ether oxygens (including phenoxy) is 1. The Kier molecular flexibility index (Phi) is 5.56. The molecule has 2 aromatic carbocycles. The Morgan fingerprint density at radius 2 is 1.71 bits per heavy atom. The topological polar surface area (TPSA) is 9.23 Å². The number of allylic oxidation sites excluding steroid dienone is 1. The largest absolute Gasteiger partial charge is 0.489 e. The van der Waals surface area contributed by atoms with Gasteiger partial charge in [0, 0.05) is 0 Å². The Labute approximate surface area is 126 Å². The normalized spacial score (nSPS) is 11.5. The highest BCUT2D eigenvalue weighted by Crippen LogP contribution is 2.18. The third-order valence-electron chi connectivity index (χ3n) is 3.22. The molecule has 21 heavy (non-hydrogen) atoms. The third kappa shape index (κ3) is 5.07. The second-order valence-corrected chi connectivity index (χ2v) is 5.18. The minimum Gasteiger partial charge on any atom is -0.489 e. The molecule has 0 radical (unpaired) electrons. The SMILES string of the molecule is CCC/C(F)=C\c1ccc(OCc2ccc(C)cc2)cc1. The molecule has 1 nitrogen and oxygen atoms in total. The smallest absolute Gasteiger partial charge is 0.119 e. The molecule has 2 rings (SSSR count). The molecule has 0 amide bonds. The molecular weight excluding hydrogens is 263 g/mol. The molecule has 0 spiro atoms. The van der Waals surface area contributed by atoms with Crippen LogP contribution in [0.5, 0.6) is 5.75 Å². The first-order chi connectivity index (χ1) is 10.2. The van der Waals surface area contributed by atoms with Crippen molar-refractivity contribution in [3.05, 3.63) is 71.0 Å². The van der Waals surface area contributed by atoms with Crippen LogP contribution in [-0.2, 0) is 6.61 Å². The summed E-state index contributed by atoms with van der Waals surface area (Å²) in [5.41, 5.74) is 3.24. The van der Waals surface area contributed by atoms with Crippen molar-refractivity contribution in [2.45, 2.75) is 33.3 Å². The molecule has 0 bridgehead atoms. The zero-order valence-electron chi connectivity index (χ0n) is 12.6. The van der Waals surface area contributed by atoms with Crippen molar-refractivity contribution in [3.63, 3.8) is 0 Å². The Morgan fingerprint density at radius 3 is 2.33 bits per heavy atom. The zero-order chi connectivity index (χ0) is 15.1. The monoisotopic (exact) mass is 284 g/mol. The minimum atomic E-state index is -0.0779. The third-order valence-corrected chi connectivity index (χ3v) is 3.22. The zero-order valence-corrected chi connectivity index (χ0v) is 12.6. The standard InChI is InChI=1S/C19H21FO/c1-3-4-18(20)13-16-9-11-19(12-10-16)21-14-17-7-5-15(2)6-8-17/h5-13H,3-4,14H2,1-2H3/b18-13+. The molecule has 0 aliphatic carbocycles. The van der Waals surface area contributed by atoms with Crippen molar-refractivity contribution in [3.8, 4) is 5.75 Å². The van der Waals surface area contributed by atoms with Gasteiger partial charge in [-0.3, -0.25) is 0 Å². The van der Waals surface area contributed by atoms with Crippen LogP contribution in [-0.4, -0.2) is 0 Å². The van der Waals surface area contributed by atoms with Crippen LogP contribution in [0.4, 0.5) is 4.39 Å². The van der Waals surface area contributed by atoms with Crippen LogP contribution in [0.3, 0.4) is 0 Å². The fourth-order valence-electron chi connectivity index (χ4n) is 2.00. The molecular formula is C19H21FO. The summed E-state index contributed by atoms with van der Waals surface area (Å²) in [4.78, 5) is 0. The number of halogens is 1. The maximum absolute atomic E-state index is 13.4. The van der Waals surface area contributed by atoms with Crippen LogP contribution in [0.2, 0.25) is 0 Å². The van der Waals surface area contributed by atoms with Gasteiger partial charge in [0.15, 0.2) is 0 Å². The van der Waals surface area contributed by atoms with Crippen LogP contribution in [0.15, 0.2) is 54.4 Å². The highest BCUT2D eigenvalue weighted by atomic mass is 19.1. The number of benzene rings is 2. The molecule has 0 aliphatic rings. The average Bonchev–Trinajstić information content (AvgIpc) is 2.48. The first-order valence-corrected chi connectivity index (χ1v) is 7.32. The van der Waals surface area contributed by atoms with E-state index in [1.165, 1.54) is 5.56 Å². The van der Waals surface area contributed by atoms with Crippen LogP contribution in [0.25, 0.3) is 6.08 Å². The number of rotatable bonds is 6. The second-order valence-electron chi connectivity index (χ2n) is 5.18. The second kappa shape index (κ2) is 7.63. The van der Waals surface area contributed by atoms with E-state index < -0.39 is 0 Å². The summed E-state index contributed by atoms with van der Waals surface area (Å²) < 4.78 is 19.1.